The van der Waals surface area contributed by atoms with Crippen molar-refractivity contribution in [1.29, 1.82) is 0 Å². The highest BCUT2D eigenvalue weighted by Gasteiger charge is 2.29. The maximum Gasteiger partial charge on any atom is 0.349 e. The minimum absolute atomic E-state index is 0.0495. The van der Waals surface area contributed by atoms with Crippen molar-refractivity contribution in [3.8, 4) is 17.4 Å². The molecule has 0 saturated carbocycles. The molecular weight excluding hydrogens is 403 g/mol. The normalized spacial score (nSPS) is 12.4. The fourth-order valence-corrected chi connectivity index (χ4v) is 2.23. The lowest BCUT2D eigenvalue weighted by Gasteiger charge is -2.14. The van der Waals surface area contributed by atoms with Crippen LogP contribution in [0.1, 0.15) is 25.8 Å². The molecule has 1 atom stereocenters. The molecule has 146 valence electrons. The molecule has 2 rings (SSSR count). The first-order chi connectivity index (χ1) is 12.7. The van der Waals surface area contributed by atoms with Crippen LogP contribution in [0, 0.1) is 0 Å². The van der Waals surface area contributed by atoms with Gasteiger partial charge in [-0.05, 0) is 55.3 Å². The third-order valence-electron chi connectivity index (χ3n) is 3.27. The van der Waals surface area contributed by atoms with Crippen LogP contribution in [0.15, 0.2) is 36.5 Å². The van der Waals surface area contributed by atoms with Gasteiger partial charge in [0.15, 0.2) is 6.10 Å². The summed E-state index contributed by atoms with van der Waals surface area (Å²) in [6, 6.07) is 7.25. The van der Waals surface area contributed by atoms with Crippen LogP contribution >= 0.6 is 23.2 Å². The largest absolute Gasteiger partial charge is 0.479 e. The van der Waals surface area contributed by atoms with Crippen LogP contribution in [-0.4, -0.2) is 23.7 Å². The molecule has 5 nitrogen and oxygen atoms in total. The molecular formula is C18H17Cl2F2NO4. The van der Waals surface area contributed by atoms with Gasteiger partial charge in [0, 0.05) is 6.20 Å². The number of hydrogen-bond donors (Lipinski definition) is 0. The molecule has 9 heteroatoms. The summed E-state index contributed by atoms with van der Waals surface area (Å²) in [5, 5.41) is -3.68. The van der Waals surface area contributed by atoms with Crippen molar-refractivity contribution in [1.82, 2.24) is 4.98 Å². The number of nitrogens with zero attached hydrogens (tertiary/aromatic N) is 1. The van der Waals surface area contributed by atoms with Gasteiger partial charge in [-0.15, -0.1) is 0 Å². The van der Waals surface area contributed by atoms with Crippen molar-refractivity contribution in [3.05, 3.63) is 47.1 Å². The van der Waals surface area contributed by atoms with E-state index in [1.54, 1.807) is 31.2 Å². The first kappa shape index (κ1) is 21.2. The van der Waals surface area contributed by atoms with E-state index < -0.39 is 23.0 Å². The van der Waals surface area contributed by atoms with E-state index in [9.17, 15) is 13.6 Å². The molecule has 0 radical (unpaired) electrons. The Morgan fingerprint density at radius 3 is 2.44 bits per heavy atom. The number of rotatable bonds is 8. The molecule has 0 aliphatic heterocycles. The lowest BCUT2D eigenvalue weighted by atomic mass is 10.3. The van der Waals surface area contributed by atoms with E-state index in [1.165, 1.54) is 0 Å². The van der Waals surface area contributed by atoms with E-state index in [4.69, 9.17) is 37.4 Å². The quantitative estimate of drug-likeness (QED) is 0.415. The Balaban J connectivity index is 2.00. The van der Waals surface area contributed by atoms with E-state index in [-0.39, 0.29) is 10.9 Å². The zero-order chi connectivity index (χ0) is 20.0. The average Bonchev–Trinajstić information content (AvgIpc) is 2.62. The Labute approximate surface area is 165 Å². The molecule has 27 heavy (non-hydrogen) atoms. The first-order valence-corrected chi connectivity index (χ1v) is 8.80. The minimum Gasteiger partial charge on any atom is -0.479 e. The van der Waals surface area contributed by atoms with Crippen molar-refractivity contribution in [2.75, 3.05) is 6.61 Å². The van der Waals surface area contributed by atoms with Gasteiger partial charge in [-0.2, -0.15) is 8.78 Å². The fraction of sp³-hybridized carbons (Fsp3) is 0.333. The lowest BCUT2D eigenvalue weighted by Crippen LogP contribution is -2.26. The molecule has 1 heterocycles. The van der Waals surface area contributed by atoms with Gasteiger partial charge in [0.1, 0.15) is 16.5 Å². The van der Waals surface area contributed by atoms with Gasteiger partial charge in [-0.3, -0.25) is 0 Å². The third kappa shape index (κ3) is 6.22. The summed E-state index contributed by atoms with van der Waals surface area (Å²) >= 11 is 10.8. The predicted molar refractivity (Wildman–Crippen MR) is 96.9 cm³/mol. The van der Waals surface area contributed by atoms with Crippen molar-refractivity contribution in [2.45, 2.75) is 31.8 Å². The highest BCUT2D eigenvalue weighted by molar-refractivity contribution is 6.32. The topological polar surface area (TPSA) is 57.7 Å². The number of pyridine rings is 1. The fourth-order valence-electron chi connectivity index (χ4n) is 1.93. The van der Waals surface area contributed by atoms with E-state index >= 15 is 0 Å². The van der Waals surface area contributed by atoms with Gasteiger partial charge >= 0.3 is 11.4 Å². The van der Waals surface area contributed by atoms with Gasteiger partial charge in [-0.1, -0.05) is 18.5 Å². The molecule has 0 fully saturated rings. The number of carbonyl (C=O) groups excluding carboxylic acids is 1. The van der Waals surface area contributed by atoms with E-state index in [2.05, 4.69) is 4.98 Å². The molecule has 1 aromatic carbocycles. The van der Waals surface area contributed by atoms with Gasteiger partial charge in [0.2, 0.25) is 5.88 Å². The standard InChI is InChI=1S/C18H17Cl2F2NO4/c1-3-8-25-17(24)11(2)26-13-4-6-14(7-5-13)27-16-15(19)9-12(10-23-16)18(20,21)22/h4-7,9-11H,3,8H2,1-2H3. The molecule has 1 unspecified atom stereocenters. The number of carbonyl (C=O) groups is 1. The summed E-state index contributed by atoms with van der Waals surface area (Å²) in [5.41, 5.74) is -0.533. The van der Waals surface area contributed by atoms with Gasteiger partial charge in [-0.25, -0.2) is 9.78 Å². The van der Waals surface area contributed by atoms with Crippen LogP contribution in [0.3, 0.4) is 0 Å². The van der Waals surface area contributed by atoms with Gasteiger partial charge in [0.25, 0.3) is 0 Å². The second-order valence-electron chi connectivity index (χ2n) is 5.51. The van der Waals surface area contributed by atoms with Crippen LogP contribution in [-0.2, 0) is 14.9 Å². The number of ether oxygens (including phenoxy) is 3. The van der Waals surface area contributed by atoms with Crippen molar-refractivity contribution in [2.24, 2.45) is 0 Å². The summed E-state index contributed by atoms with van der Waals surface area (Å²) in [5.74, 6) is 0.277. The summed E-state index contributed by atoms with van der Waals surface area (Å²) < 4.78 is 42.0. The monoisotopic (exact) mass is 419 g/mol. The third-order valence-corrected chi connectivity index (χ3v) is 3.76. The molecule has 2 aromatic rings. The maximum atomic E-state index is 13.0. The summed E-state index contributed by atoms with van der Waals surface area (Å²) in [6.07, 6.45) is 0.851. The Bertz CT molecular complexity index is 782. The average molecular weight is 420 g/mol. The molecule has 0 spiro atoms. The van der Waals surface area contributed by atoms with Crippen molar-refractivity contribution < 1.29 is 27.8 Å². The number of halogens is 4. The number of hydrogen-bond acceptors (Lipinski definition) is 5. The summed E-state index contributed by atoms with van der Waals surface area (Å²) in [6.45, 7) is 3.81. The number of esters is 1. The maximum absolute atomic E-state index is 13.0. The highest BCUT2D eigenvalue weighted by Crippen LogP contribution is 2.36. The number of aromatic nitrogens is 1. The lowest BCUT2D eigenvalue weighted by molar-refractivity contribution is -0.151. The number of alkyl halides is 3. The molecule has 0 aliphatic carbocycles. The van der Waals surface area contributed by atoms with Crippen LogP contribution in [0.2, 0.25) is 5.02 Å². The molecule has 0 saturated heterocycles. The summed E-state index contributed by atoms with van der Waals surface area (Å²) in [7, 11) is 0. The second-order valence-corrected chi connectivity index (χ2v) is 6.39. The van der Waals surface area contributed by atoms with Gasteiger partial charge < -0.3 is 14.2 Å². The second kappa shape index (κ2) is 9.19. The Hall–Kier alpha value is -2.12. The molecule has 0 bridgehead atoms. The van der Waals surface area contributed by atoms with Crippen LogP contribution in [0.4, 0.5) is 8.78 Å². The van der Waals surface area contributed by atoms with E-state index in [1.807, 2.05) is 6.92 Å². The molecule has 1 aromatic heterocycles. The van der Waals surface area contributed by atoms with Crippen molar-refractivity contribution in [3.63, 3.8) is 0 Å². The summed E-state index contributed by atoms with van der Waals surface area (Å²) in [4.78, 5) is 15.4. The first-order valence-electron chi connectivity index (χ1n) is 8.04. The Kier molecular flexibility index (Phi) is 7.21. The highest BCUT2D eigenvalue weighted by atomic mass is 35.5. The van der Waals surface area contributed by atoms with Crippen LogP contribution in [0.25, 0.3) is 0 Å². The van der Waals surface area contributed by atoms with Crippen molar-refractivity contribution >= 4 is 29.2 Å². The van der Waals surface area contributed by atoms with E-state index in [0.717, 1.165) is 18.7 Å². The zero-order valence-electron chi connectivity index (χ0n) is 14.5. The van der Waals surface area contributed by atoms with E-state index in [0.29, 0.717) is 18.1 Å². The molecule has 0 aliphatic rings. The predicted octanol–water partition coefficient (Wildman–Crippen LogP) is 5.54. The van der Waals surface area contributed by atoms with Gasteiger partial charge in [0.05, 0.1) is 12.2 Å². The zero-order valence-corrected chi connectivity index (χ0v) is 16.1. The Morgan fingerprint density at radius 1 is 1.26 bits per heavy atom. The van der Waals surface area contributed by atoms with Crippen LogP contribution < -0.4 is 9.47 Å². The molecule has 0 amide bonds. The number of benzene rings is 1. The Morgan fingerprint density at radius 2 is 1.89 bits per heavy atom. The minimum atomic E-state index is -3.57. The van der Waals surface area contributed by atoms with Crippen LogP contribution in [0.5, 0.6) is 17.4 Å². The smallest absolute Gasteiger partial charge is 0.349 e. The SMILES string of the molecule is CCCOC(=O)C(C)Oc1ccc(Oc2ncc(C(F)(F)Cl)cc2Cl)cc1. The molecule has 0 N–H and O–H groups in total.